The van der Waals surface area contributed by atoms with Crippen molar-refractivity contribution in [2.45, 2.75) is 40.8 Å². The highest BCUT2D eigenvalue weighted by atomic mass is 16.7. The molecule has 2 heterocycles. The lowest BCUT2D eigenvalue weighted by atomic mass is 10.1. The molecule has 7 nitrogen and oxygen atoms in total. The quantitative estimate of drug-likeness (QED) is 0.531. The summed E-state index contributed by atoms with van der Waals surface area (Å²) < 4.78 is 16.1. The second-order valence-corrected chi connectivity index (χ2v) is 8.16. The van der Waals surface area contributed by atoms with Crippen molar-refractivity contribution in [3.63, 3.8) is 0 Å². The van der Waals surface area contributed by atoms with E-state index in [0.29, 0.717) is 42.3 Å². The molecule has 172 valence electrons. The van der Waals surface area contributed by atoms with E-state index < -0.39 is 0 Å². The zero-order chi connectivity index (χ0) is 23.5. The minimum Gasteiger partial charge on any atom is -0.462 e. The summed E-state index contributed by atoms with van der Waals surface area (Å²) in [6.45, 7) is 8.67. The second-order valence-electron chi connectivity index (χ2n) is 8.16. The van der Waals surface area contributed by atoms with Gasteiger partial charge in [-0.3, -0.25) is 4.79 Å². The number of hydrogen-bond donors (Lipinski definition) is 1. The number of aryl methyl sites for hydroxylation is 2. The third kappa shape index (κ3) is 4.72. The van der Waals surface area contributed by atoms with Gasteiger partial charge in [-0.05, 0) is 63.1 Å². The van der Waals surface area contributed by atoms with E-state index >= 15 is 0 Å². The van der Waals surface area contributed by atoms with Crippen LogP contribution in [-0.4, -0.2) is 35.2 Å². The Balaban J connectivity index is 1.65. The van der Waals surface area contributed by atoms with E-state index in [1.165, 1.54) is 0 Å². The monoisotopic (exact) mass is 448 g/mol. The summed E-state index contributed by atoms with van der Waals surface area (Å²) in [7, 11) is 0. The average Bonchev–Trinajstić information content (AvgIpc) is 3.36. The molecule has 0 fully saturated rings. The molecule has 1 aromatic heterocycles. The highest BCUT2D eigenvalue weighted by molar-refractivity contribution is 5.95. The third-order valence-electron chi connectivity index (χ3n) is 5.77. The lowest BCUT2D eigenvalue weighted by Crippen LogP contribution is -2.30. The van der Waals surface area contributed by atoms with Crippen LogP contribution in [0.2, 0.25) is 0 Å². The van der Waals surface area contributed by atoms with Gasteiger partial charge in [0.25, 0.3) is 5.91 Å². The lowest BCUT2D eigenvalue weighted by molar-refractivity contribution is 0.0524. The SMILES string of the molecule is CCOC(=O)c1c(C)[nH]c(CN(Cc2ccc3c(c2)OCO3)C(=O)c2ccc(C)cc2)c1C. The Morgan fingerprint density at radius 1 is 1.00 bits per heavy atom. The normalized spacial score (nSPS) is 12.0. The van der Waals surface area contributed by atoms with Crippen LogP contribution in [0.15, 0.2) is 42.5 Å². The maximum atomic E-state index is 13.5. The standard InChI is InChI=1S/C26H28N2O5/c1-5-31-26(30)24-17(3)21(27-18(24)4)14-28(25(29)20-9-6-16(2)7-10-20)13-19-8-11-22-23(12-19)33-15-32-22/h6-12,27H,5,13-15H2,1-4H3. The molecule has 0 radical (unpaired) electrons. The van der Waals surface area contributed by atoms with E-state index in [-0.39, 0.29) is 18.7 Å². The van der Waals surface area contributed by atoms with Gasteiger partial charge in [0.05, 0.1) is 18.7 Å². The molecule has 0 saturated heterocycles. The molecule has 1 aliphatic heterocycles. The Hall–Kier alpha value is -3.74. The number of amides is 1. The number of aromatic nitrogens is 1. The van der Waals surface area contributed by atoms with E-state index in [4.69, 9.17) is 14.2 Å². The predicted molar refractivity (Wildman–Crippen MR) is 124 cm³/mol. The highest BCUT2D eigenvalue weighted by Crippen LogP contribution is 2.33. The van der Waals surface area contributed by atoms with Crippen LogP contribution in [0.25, 0.3) is 0 Å². The van der Waals surface area contributed by atoms with Gasteiger partial charge in [0, 0.05) is 23.5 Å². The van der Waals surface area contributed by atoms with Crippen LogP contribution in [0.3, 0.4) is 0 Å². The van der Waals surface area contributed by atoms with E-state index in [1.807, 2.05) is 63.2 Å². The van der Waals surface area contributed by atoms with Gasteiger partial charge in [0.2, 0.25) is 6.79 Å². The van der Waals surface area contributed by atoms with Crippen molar-refractivity contribution in [3.8, 4) is 11.5 Å². The minimum absolute atomic E-state index is 0.1000. The van der Waals surface area contributed by atoms with Gasteiger partial charge in [-0.1, -0.05) is 23.8 Å². The minimum atomic E-state index is -0.359. The van der Waals surface area contributed by atoms with Crippen LogP contribution in [-0.2, 0) is 17.8 Å². The number of nitrogens with one attached hydrogen (secondary N) is 1. The van der Waals surface area contributed by atoms with Crippen LogP contribution in [0.5, 0.6) is 11.5 Å². The van der Waals surface area contributed by atoms with E-state index in [0.717, 1.165) is 28.1 Å². The first-order chi connectivity index (χ1) is 15.9. The van der Waals surface area contributed by atoms with Crippen molar-refractivity contribution in [3.05, 3.63) is 81.7 Å². The van der Waals surface area contributed by atoms with Crippen LogP contribution < -0.4 is 9.47 Å². The topological polar surface area (TPSA) is 80.9 Å². The molecule has 0 unspecified atom stereocenters. The average molecular weight is 449 g/mol. The van der Waals surface area contributed by atoms with Gasteiger partial charge < -0.3 is 24.1 Å². The molecule has 7 heteroatoms. The van der Waals surface area contributed by atoms with Crippen LogP contribution in [0.1, 0.15) is 55.7 Å². The zero-order valence-corrected chi connectivity index (χ0v) is 19.4. The highest BCUT2D eigenvalue weighted by Gasteiger charge is 2.24. The molecular formula is C26H28N2O5. The largest absolute Gasteiger partial charge is 0.462 e. The molecule has 1 aliphatic rings. The molecule has 0 saturated carbocycles. The first kappa shape index (κ1) is 22.5. The molecule has 1 N–H and O–H groups in total. The van der Waals surface area contributed by atoms with E-state index in [1.54, 1.807) is 11.8 Å². The number of carbonyl (C=O) groups is 2. The molecule has 2 aromatic carbocycles. The van der Waals surface area contributed by atoms with Gasteiger partial charge >= 0.3 is 5.97 Å². The smallest absolute Gasteiger partial charge is 0.340 e. The Morgan fingerprint density at radius 2 is 1.73 bits per heavy atom. The number of hydrogen-bond acceptors (Lipinski definition) is 5. The van der Waals surface area contributed by atoms with Crippen molar-refractivity contribution in [2.24, 2.45) is 0 Å². The van der Waals surface area contributed by atoms with E-state index in [9.17, 15) is 9.59 Å². The summed E-state index contributed by atoms with van der Waals surface area (Å²) in [4.78, 5) is 31.0. The number of rotatable bonds is 7. The van der Waals surface area contributed by atoms with E-state index in [2.05, 4.69) is 4.98 Å². The molecule has 0 spiro atoms. The Bertz CT molecular complexity index is 1180. The second kappa shape index (κ2) is 9.40. The van der Waals surface area contributed by atoms with Gasteiger partial charge in [-0.15, -0.1) is 0 Å². The molecule has 0 aliphatic carbocycles. The maximum absolute atomic E-state index is 13.5. The summed E-state index contributed by atoms with van der Waals surface area (Å²) in [5, 5.41) is 0. The van der Waals surface area contributed by atoms with Crippen molar-refractivity contribution < 1.29 is 23.8 Å². The fraction of sp³-hybridized carbons (Fsp3) is 0.308. The molecule has 1 amide bonds. The van der Waals surface area contributed by atoms with Crippen molar-refractivity contribution >= 4 is 11.9 Å². The number of aromatic amines is 1. The number of nitrogens with zero attached hydrogens (tertiary/aromatic N) is 1. The van der Waals surface area contributed by atoms with Gasteiger partial charge in [0.1, 0.15) is 0 Å². The van der Waals surface area contributed by atoms with Crippen molar-refractivity contribution in [1.82, 2.24) is 9.88 Å². The number of ether oxygens (including phenoxy) is 3. The predicted octanol–water partition coefficient (Wildman–Crippen LogP) is 4.69. The van der Waals surface area contributed by atoms with Crippen LogP contribution >= 0.6 is 0 Å². The first-order valence-corrected chi connectivity index (χ1v) is 11.0. The van der Waals surface area contributed by atoms with Crippen molar-refractivity contribution in [2.75, 3.05) is 13.4 Å². The number of benzene rings is 2. The molecular weight excluding hydrogens is 420 g/mol. The third-order valence-corrected chi connectivity index (χ3v) is 5.77. The summed E-state index contributed by atoms with van der Waals surface area (Å²) in [6.07, 6.45) is 0. The van der Waals surface area contributed by atoms with Crippen molar-refractivity contribution in [1.29, 1.82) is 0 Å². The number of H-pyrrole nitrogens is 1. The number of carbonyl (C=O) groups excluding carboxylic acids is 2. The fourth-order valence-corrected chi connectivity index (χ4v) is 4.01. The Kier molecular flexibility index (Phi) is 6.40. The molecule has 4 rings (SSSR count). The maximum Gasteiger partial charge on any atom is 0.340 e. The Morgan fingerprint density at radius 3 is 2.45 bits per heavy atom. The Labute approximate surface area is 193 Å². The summed E-state index contributed by atoms with van der Waals surface area (Å²) in [5.74, 6) is 0.913. The van der Waals surface area contributed by atoms with Crippen LogP contribution in [0, 0.1) is 20.8 Å². The van der Waals surface area contributed by atoms with Gasteiger partial charge in [0.15, 0.2) is 11.5 Å². The van der Waals surface area contributed by atoms with Crippen LogP contribution in [0.4, 0.5) is 0 Å². The molecule has 0 atom stereocenters. The summed E-state index contributed by atoms with van der Waals surface area (Å²) in [5.41, 5.74) is 5.46. The molecule has 0 bridgehead atoms. The lowest BCUT2D eigenvalue weighted by Gasteiger charge is -2.23. The van der Waals surface area contributed by atoms with Gasteiger partial charge in [-0.25, -0.2) is 4.79 Å². The number of esters is 1. The first-order valence-electron chi connectivity index (χ1n) is 11.0. The summed E-state index contributed by atoms with van der Waals surface area (Å²) >= 11 is 0. The number of fused-ring (bicyclic) bond motifs is 1. The summed E-state index contributed by atoms with van der Waals surface area (Å²) in [6, 6.07) is 13.2. The zero-order valence-electron chi connectivity index (χ0n) is 19.4. The molecule has 3 aromatic rings. The van der Waals surface area contributed by atoms with Gasteiger partial charge in [-0.2, -0.15) is 0 Å². The fourth-order valence-electron chi connectivity index (χ4n) is 4.01. The molecule has 33 heavy (non-hydrogen) atoms.